The van der Waals surface area contributed by atoms with Crippen LogP contribution in [0.5, 0.6) is 5.75 Å². The Morgan fingerprint density at radius 1 is 1.12 bits per heavy atom. The summed E-state index contributed by atoms with van der Waals surface area (Å²) in [6.07, 6.45) is -1.55. The second-order valence-electron chi connectivity index (χ2n) is 13.8. The molecule has 3 atom stereocenters. The third kappa shape index (κ3) is 6.60. The minimum Gasteiger partial charge on any atom is -0.495 e. The highest BCUT2D eigenvalue weighted by Crippen LogP contribution is 2.68. The molecule has 2 N–H and O–H groups in total. The number of hydrogen-bond donors (Lipinski definition) is 2. The summed E-state index contributed by atoms with van der Waals surface area (Å²) in [6.45, 7) is -0.987. The maximum atomic E-state index is 15.4. The van der Waals surface area contributed by atoms with Crippen LogP contribution in [0.3, 0.4) is 0 Å². The van der Waals surface area contributed by atoms with Crippen LogP contribution in [0.25, 0.3) is 27.6 Å². The Morgan fingerprint density at radius 3 is 2.51 bits per heavy atom. The van der Waals surface area contributed by atoms with Gasteiger partial charge >= 0.3 is 0 Å². The van der Waals surface area contributed by atoms with Crippen LogP contribution in [0.1, 0.15) is 53.1 Å². The quantitative estimate of drug-likeness (QED) is 0.162. The molecule has 1 amide bonds. The van der Waals surface area contributed by atoms with Gasteiger partial charge in [0.15, 0.2) is 11.3 Å². The molecule has 0 saturated heterocycles. The number of hydrogen-bond acceptors (Lipinski definition) is 9. The van der Waals surface area contributed by atoms with E-state index < -0.39 is 87.7 Å². The highest BCUT2D eigenvalue weighted by atomic mass is 35.5. The number of aryl methyl sites for hydroxylation is 1. The van der Waals surface area contributed by atoms with Crippen LogP contribution in [-0.2, 0) is 40.8 Å². The zero-order valence-electron chi connectivity index (χ0n) is 29.7. The molecule has 57 heavy (non-hydrogen) atoms. The van der Waals surface area contributed by atoms with E-state index in [-0.39, 0.29) is 67.6 Å². The van der Waals surface area contributed by atoms with Gasteiger partial charge in [0.05, 0.1) is 47.2 Å². The van der Waals surface area contributed by atoms with E-state index in [0.29, 0.717) is 10.7 Å². The molecule has 0 aliphatic heterocycles. The molecule has 298 valence electrons. The van der Waals surface area contributed by atoms with Crippen LogP contribution < -0.4 is 20.3 Å². The second-order valence-corrected chi connectivity index (χ2v) is 15.9. The number of anilines is 1. The summed E-state index contributed by atoms with van der Waals surface area (Å²) >= 11 is 6.56. The Kier molecular flexibility index (Phi) is 9.02. The molecule has 4 heterocycles. The van der Waals surface area contributed by atoms with Gasteiger partial charge in [0.1, 0.15) is 46.7 Å². The Balaban J connectivity index is 1.33. The molecule has 1 fully saturated rings. The van der Waals surface area contributed by atoms with E-state index in [2.05, 4.69) is 30.2 Å². The lowest BCUT2D eigenvalue weighted by Crippen LogP contribution is -2.38. The Hall–Kier alpha value is -5.70. The number of rotatable bonds is 11. The van der Waals surface area contributed by atoms with E-state index in [4.69, 9.17) is 16.3 Å². The molecule has 2 aliphatic rings. The lowest BCUT2D eigenvalue weighted by Gasteiger charge is -2.24. The van der Waals surface area contributed by atoms with Crippen molar-refractivity contribution in [2.45, 2.75) is 43.7 Å². The van der Waals surface area contributed by atoms with Gasteiger partial charge in [-0.1, -0.05) is 11.6 Å². The first kappa shape index (κ1) is 38.2. The summed E-state index contributed by atoms with van der Waals surface area (Å²) in [5, 5.41) is 10.6. The number of halogens is 7. The minimum atomic E-state index is -3.90. The molecular formula is C35H28ClF6N9O5S. The molecule has 8 rings (SSSR count). The van der Waals surface area contributed by atoms with E-state index in [1.54, 1.807) is 0 Å². The SMILES string of the molecule is COc1cnc2c(=O)n(-c3ccc(Cl)c4c(NS(C)(=O)=O)nn(C)c34)c([C@H](Cc3cc(F)cc(F)c3)NC(=O)Cn3nc(C(F)F)c4c3C(F)(F)[C@H]3C[C@@H]43)nc2c1. The van der Waals surface area contributed by atoms with Crippen molar-refractivity contribution in [3.8, 4) is 11.4 Å². The van der Waals surface area contributed by atoms with E-state index in [0.717, 1.165) is 23.0 Å². The van der Waals surface area contributed by atoms with Crippen molar-refractivity contribution in [2.24, 2.45) is 13.0 Å². The Bertz CT molecular complexity index is 2830. The molecule has 1 saturated carbocycles. The summed E-state index contributed by atoms with van der Waals surface area (Å²) < 4.78 is 123. The molecule has 6 aromatic rings. The van der Waals surface area contributed by atoms with Crippen LogP contribution >= 0.6 is 11.6 Å². The molecule has 0 bridgehead atoms. The number of carbonyl (C=O) groups excluding carboxylic acids is 1. The molecule has 14 nitrogen and oxygen atoms in total. The average Bonchev–Trinajstić information content (AvgIpc) is 3.66. The number of benzene rings is 2. The minimum absolute atomic E-state index is 0.00484. The van der Waals surface area contributed by atoms with E-state index >= 15 is 8.78 Å². The fraction of sp³-hybridized carbons (Fsp3) is 0.314. The van der Waals surface area contributed by atoms with Gasteiger partial charge in [0.25, 0.3) is 17.9 Å². The maximum absolute atomic E-state index is 15.4. The maximum Gasteiger partial charge on any atom is 0.293 e. The van der Waals surface area contributed by atoms with E-state index in [1.165, 1.54) is 43.2 Å². The van der Waals surface area contributed by atoms with Crippen molar-refractivity contribution in [1.29, 1.82) is 0 Å². The third-order valence-electron chi connectivity index (χ3n) is 9.86. The number of nitrogens with one attached hydrogen (secondary N) is 2. The standard InChI is InChI=1S/C35H28ClF6N9O5S/c1-49-29-23(5-4-20(36)26(29)32(47-49)48-57(3,54)55)51-33(45-21-10-17(56-2)12-43-27(21)34(51)53)22(8-14-6-15(37)9-16(38)7-14)44-24(52)13-50-30-25(28(46-50)31(39)40)18-11-19(18)35(30,41)42/h4-7,9-10,12,18-19,22,31H,8,11,13H2,1-3H3,(H,44,52)(H,47,48)/t18-,19+,22+/m1/s1. The number of alkyl halides is 4. The van der Waals surface area contributed by atoms with Gasteiger partial charge in [-0.15, -0.1) is 0 Å². The molecule has 0 unspecified atom stereocenters. The lowest BCUT2D eigenvalue weighted by atomic mass is 10.0. The largest absolute Gasteiger partial charge is 0.495 e. The van der Waals surface area contributed by atoms with Crippen molar-refractivity contribution >= 4 is 55.3 Å². The highest BCUT2D eigenvalue weighted by molar-refractivity contribution is 7.92. The zero-order chi connectivity index (χ0) is 40.9. The van der Waals surface area contributed by atoms with Crippen molar-refractivity contribution in [3.05, 3.63) is 97.9 Å². The number of nitrogens with zero attached hydrogens (tertiary/aromatic N) is 7. The molecule has 2 aliphatic carbocycles. The van der Waals surface area contributed by atoms with Crippen LogP contribution in [0.4, 0.5) is 32.2 Å². The highest BCUT2D eigenvalue weighted by Gasteiger charge is 2.67. The van der Waals surface area contributed by atoms with Crippen molar-refractivity contribution in [3.63, 3.8) is 0 Å². The number of aromatic nitrogens is 7. The molecule has 22 heteroatoms. The van der Waals surface area contributed by atoms with Gasteiger partial charge in [0.2, 0.25) is 15.9 Å². The number of fused-ring (bicyclic) bond motifs is 5. The zero-order valence-corrected chi connectivity index (χ0v) is 31.3. The van der Waals surface area contributed by atoms with Crippen LogP contribution in [0.15, 0.2) is 47.4 Å². The number of pyridine rings is 1. The molecule has 0 spiro atoms. The topological polar surface area (TPSA) is 168 Å². The number of methoxy groups -OCH3 is 1. The van der Waals surface area contributed by atoms with Gasteiger partial charge in [0, 0.05) is 37.1 Å². The Morgan fingerprint density at radius 2 is 1.84 bits per heavy atom. The second kappa shape index (κ2) is 13.5. The van der Waals surface area contributed by atoms with Gasteiger partial charge in [-0.3, -0.25) is 28.2 Å². The van der Waals surface area contributed by atoms with Crippen LogP contribution in [0.2, 0.25) is 5.02 Å². The molecule has 0 radical (unpaired) electrons. The number of ether oxygens (including phenoxy) is 1. The smallest absolute Gasteiger partial charge is 0.293 e. The predicted molar refractivity (Wildman–Crippen MR) is 192 cm³/mol. The first-order chi connectivity index (χ1) is 26.9. The number of amides is 1. The van der Waals surface area contributed by atoms with Crippen molar-refractivity contribution in [2.75, 3.05) is 18.1 Å². The summed E-state index contributed by atoms with van der Waals surface area (Å²) in [6, 6.07) is 5.09. The predicted octanol–water partition coefficient (Wildman–Crippen LogP) is 5.42. The summed E-state index contributed by atoms with van der Waals surface area (Å²) in [4.78, 5) is 37.5. The van der Waals surface area contributed by atoms with Crippen molar-refractivity contribution < 1.29 is 44.3 Å². The van der Waals surface area contributed by atoms with Gasteiger partial charge in [-0.2, -0.15) is 19.0 Å². The van der Waals surface area contributed by atoms with Crippen LogP contribution in [-0.4, -0.2) is 61.8 Å². The van der Waals surface area contributed by atoms with Gasteiger partial charge in [-0.25, -0.2) is 35.9 Å². The normalized spacial score (nSPS) is 17.5. The third-order valence-corrected chi connectivity index (χ3v) is 10.7. The van der Waals surface area contributed by atoms with Gasteiger partial charge < -0.3 is 10.1 Å². The van der Waals surface area contributed by atoms with Crippen molar-refractivity contribution in [1.82, 2.24) is 39.4 Å². The fourth-order valence-corrected chi connectivity index (χ4v) is 8.29. The molecule has 2 aromatic carbocycles. The first-order valence-electron chi connectivity index (χ1n) is 17.0. The molecule has 4 aromatic heterocycles. The van der Waals surface area contributed by atoms with E-state index in [9.17, 15) is 35.6 Å². The Labute approximate surface area is 322 Å². The summed E-state index contributed by atoms with van der Waals surface area (Å²) in [5.41, 5.74) is -3.05. The lowest BCUT2D eigenvalue weighted by molar-refractivity contribution is -0.123. The molecular weight excluding hydrogens is 808 g/mol. The summed E-state index contributed by atoms with van der Waals surface area (Å²) in [5.74, 6) is -8.93. The first-order valence-corrected chi connectivity index (χ1v) is 19.2. The van der Waals surface area contributed by atoms with Crippen LogP contribution in [0, 0.1) is 17.6 Å². The number of sulfonamides is 1. The monoisotopic (exact) mass is 835 g/mol. The van der Waals surface area contributed by atoms with E-state index in [1.807, 2.05) is 0 Å². The number of carbonyl (C=O) groups is 1. The fourth-order valence-electron chi connectivity index (χ4n) is 7.56. The average molecular weight is 836 g/mol. The van der Waals surface area contributed by atoms with Gasteiger partial charge in [-0.05, 0) is 42.2 Å². The summed E-state index contributed by atoms with van der Waals surface area (Å²) in [7, 11) is -1.14.